The van der Waals surface area contributed by atoms with E-state index in [1.165, 1.54) is 6.20 Å². The van der Waals surface area contributed by atoms with E-state index < -0.39 is 5.97 Å². The van der Waals surface area contributed by atoms with Crippen LogP contribution in [0, 0.1) is 6.92 Å². The number of carbonyl (C=O) groups is 1. The fourth-order valence-corrected chi connectivity index (χ4v) is 1.51. The van der Waals surface area contributed by atoms with Gasteiger partial charge in [0, 0.05) is 11.6 Å². The van der Waals surface area contributed by atoms with Gasteiger partial charge < -0.3 is 10.2 Å². The number of carboxylic acid groups (broad SMARTS) is 1. The molecule has 0 fully saturated rings. The third kappa shape index (κ3) is 1.40. The van der Waals surface area contributed by atoms with Crippen molar-refractivity contribution in [3.63, 3.8) is 0 Å². The molecule has 0 unspecified atom stereocenters. The largest absolute Gasteiger partial charge is 0.506 e. The third-order valence-corrected chi connectivity index (χ3v) is 2.30. The van der Waals surface area contributed by atoms with Gasteiger partial charge in [0.1, 0.15) is 11.3 Å². The molecule has 0 atom stereocenters. The van der Waals surface area contributed by atoms with E-state index in [4.69, 9.17) is 5.11 Å². The van der Waals surface area contributed by atoms with Crippen LogP contribution in [-0.2, 0) is 0 Å². The molecule has 1 aromatic heterocycles. The molecule has 0 aliphatic rings. The van der Waals surface area contributed by atoms with Crippen molar-refractivity contribution >= 4 is 16.9 Å². The monoisotopic (exact) mass is 203 g/mol. The number of benzene rings is 1. The van der Waals surface area contributed by atoms with Crippen LogP contribution in [0.3, 0.4) is 0 Å². The quantitative estimate of drug-likeness (QED) is 0.743. The summed E-state index contributed by atoms with van der Waals surface area (Å²) >= 11 is 0. The zero-order valence-electron chi connectivity index (χ0n) is 8.06. The van der Waals surface area contributed by atoms with Gasteiger partial charge in [-0.05, 0) is 18.6 Å². The van der Waals surface area contributed by atoms with Crippen LogP contribution in [0.15, 0.2) is 24.4 Å². The fraction of sp³-hybridized carbons (Fsp3) is 0.0909. The van der Waals surface area contributed by atoms with E-state index in [0.29, 0.717) is 10.9 Å². The van der Waals surface area contributed by atoms with E-state index in [0.717, 1.165) is 5.56 Å². The molecule has 2 aromatic rings. The SMILES string of the molecule is Cc1cccc2c(O)c(C(=O)O)cnc12. The molecule has 76 valence electrons. The molecule has 4 heteroatoms. The van der Waals surface area contributed by atoms with Crippen LogP contribution in [0.4, 0.5) is 0 Å². The van der Waals surface area contributed by atoms with Gasteiger partial charge in [0.25, 0.3) is 0 Å². The van der Waals surface area contributed by atoms with E-state index >= 15 is 0 Å². The van der Waals surface area contributed by atoms with Crippen molar-refractivity contribution in [1.82, 2.24) is 4.98 Å². The van der Waals surface area contributed by atoms with E-state index in [1.807, 2.05) is 13.0 Å². The predicted octanol–water partition coefficient (Wildman–Crippen LogP) is 1.95. The third-order valence-electron chi connectivity index (χ3n) is 2.30. The normalized spacial score (nSPS) is 10.5. The first-order chi connectivity index (χ1) is 7.11. The molecule has 0 radical (unpaired) electrons. The van der Waals surface area contributed by atoms with Crippen molar-refractivity contribution in [2.24, 2.45) is 0 Å². The molecule has 0 saturated carbocycles. The molecular weight excluding hydrogens is 194 g/mol. The summed E-state index contributed by atoms with van der Waals surface area (Å²) in [5.41, 5.74) is 1.35. The Labute approximate surface area is 85.8 Å². The molecule has 4 nitrogen and oxygen atoms in total. The van der Waals surface area contributed by atoms with Gasteiger partial charge in [-0.15, -0.1) is 0 Å². The number of aromatic carboxylic acids is 1. The summed E-state index contributed by atoms with van der Waals surface area (Å²) in [5, 5.41) is 19.0. The molecule has 0 aliphatic carbocycles. The first-order valence-electron chi connectivity index (χ1n) is 4.42. The van der Waals surface area contributed by atoms with E-state index in [1.54, 1.807) is 12.1 Å². The van der Waals surface area contributed by atoms with Crippen LogP contribution in [0.25, 0.3) is 10.9 Å². The number of rotatable bonds is 1. The Morgan fingerprint density at radius 1 is 1.40 bits per heavy atom. The average molecular weight is 203 g/mol. The van der Waals surface area contributed by atoms with Crippen molar-refractivity contribution in [2.75, 3.05) is 0 Å². The molecule has 0 bridgehead atoms. The van der Waals surface area contributed by atoms with Gasteiger partial charge in [0.2, 0.25) is 0 Å². The van der Waals surface area contributed by atoms with E-state index in [-0.39, 0.29) is 11.3 Å². The van der Waals surface area contributed by atoms with Crippen molar-refractivity contribution in [3.05, 3.63) is 35.5 Å². The highest BCUT2D eigenvalue weighted by atomic mass is 16.4. The van der Waals surface area contributed by atoms with Crippen LogP contribution in [0.2, 0.25) is 0 Å². The highest BCUT2D eigenvalue weighted by Gasteiger charge is 2.13. The molecule has 0 saturated heterocycles. The number of hydrogen-bond donors (Lipinski definition) is 2. The van der Waals surface area contributed by atoms with Crippen LogP contribution in [0.1, 0.15) is 15.9 Å². The van der Waals surface area contributed by atoms with Crippen molar-refractivity contribution in [1.29, 1.82) is 0 Å². The second kappa shape index (κ2) is 3.24. The molecule has 2 rings (SSSR count). The molecular formula is C11H9NO3. The van der Waals surface area contributed by atoms with Gasteiger partial charge in [-0.3, -0.25) is 4.98 Å². The van der Waals surface area contributed by atoms with Crippen LogP contribution in [0.5, 0.6) is 5.75 Å². The Bertz CT molecular complexity index is 549. The Morgan fingerprint density at radius 2 is 2.13 bits per heavy atom. The Morgan fingerprint density at radius 3 is 2.80 bits per heavy atom. The maximum atomic E-state index is 10.8. The fourth-order valence-electron chi connectivity index (χ4n) is 1.51. The number of nitrogens with zero attached hydrogens (tertiary/aromatic N) is 1. The molecule has 0 spiro atoms. The standard InChI is InChI=1S/C11H9NO3/c1-6-3-2-4-7-9(6)12-5-8(10(7)13)11(14)15/h2-5H,1H3,(H,12,13)(H,14,15). The summed E-state index contributed by atoms with van der Waals surface area (Å²) in [7, 11) is 0. The highest BCUT2D eigenvalue weighted by Crippen LogP contribution is 2.28. The number of fused-ring (bicyclic) bond motifs is 1. The average Bonchev–Trinajstić information content (AvgIpc) is 2.19. The number of para-hydroxylation sites is 1. The zero-order chi connectivity index (χ0) is 11.0. The number of aromatic hydroxyl groups is 1. The molecule has 1 heterocycles. The number of pyridine rings is 1. The number of hydrogen-bond acceptors (Lipinski definition) is 3. The lowest BCUT2D eigenvalue weighted by molar-refractivity contribution is 0.0693. The summed E-state index contributed by atoms with van der Waals surface area (Å²) in [6.07, 6.45) is 1.17. The van der Waals surface area contributed by atoms with Gasteiger partial charge >= 0.3 is 5.97 Å². The van der Waals surface area contributed by atoms with Gasteiger partial charge in [-0.25, -0.2) is 4.79 Å². The smallest absolute Gasteiger partial charge is 0.341 e. The zero-order valence-corrected chi connectivity index (χ0v) is 8.06. The van der Waals surface area contributed by atoms with Gasteiger partial charge in [-0.1, -0.05) is 12.1 Å². The van der Waals surface area contributed by atoms with E-state index in [9.17, 15) is 9.90 Å². The van der Waals surface area contributed by atoms with Crippen molar-refractivity contribution < 1.29 is 15.0 Å². The van der Waals surface area contributed by atoms with Gasteiger partial charge in [0.15, 0.2) is 0 Å². The van der Waals surface area contributed by atoms with Crippen molar-refractivity contribution in [2.45, 2.75) is 6.92 Å². The summed E-state index contributed by atoms with van der Waals surface area (Å²) in [6.45, 7) is 1.86. The van der Waals surface area contributed by atoms with Gasteiger partial charge in [-0.2, -0.15) is 0 Å². The molecule has 0 aliphatic heterocycles. The minimum Gasteiger partial charge on any atom is -0.506 e. The summed E-state index contributed by atoms with van der Waals surface area (Å²) in [4.78, 5) is 14.8. The number of carboxylic acids is 1. The Kier molecular flexibility index (Phi) is 2.04. The summed E-state index contributed by atoms with van der Waals surface area (Å²) in [6, 6.07) is 5.26. The molecule has 2 N–H and O–H groups in total. The second-order valence-electron chi connectivity index (χ2n) is 3.30. The first-order valence-corrected chi connectivity index (χ1v) is 4.42. The first kappa shape index (κ1) is 9.45. The van der Waals surface area contributed by atoms with Crippen LogP contribution < -0.4 is 0 Å². The Balaban J connectivity index is 2.86. The topological polar surface area (TPSA) is 70.4 Å². The molecule has 0 amide bonds. The minimum absolute atomic E-state index is 0.173. The maximum Gasteiger partial charge on any atom is 0.341 e. The highest BCUT2D eigenvalue weighted by molar-refractivity contribution is 5.99. The van der Waals surface area contributed by atoms with Gasteiger partial charge in [0.05, 0.1) is 5.52 Å². The lowest BCUT2D eigenvalue weighted by Gasteiger charge is -2.05. The second-order valence-corrected chi connectivity index (χ2v) is 3.30. The maximum absolute atomic E-state index is 10.8. The van der Waals surface area contributed by atoms with Crippen molar-refractivity contribution in [3.8, 4) is 5.75 Å². The predicted molar refractivity (Wildman–Crippen MR) is 55.1 cm³/mol. The van der Waals surface area contributed by atoms with E-state index in [2.05, 4.69) is 4.98 Å². The molecule has 1 aromatic carbocycles. The lowest BCUT2D eigenvalue weighted by Crippen LogP contribution is -1.98. The number of aryl methyl sites for hydroxylation is 1. The summed E-state index contributed by atoms with van der Waals surface area (Å²) in [5.74, 6) is -1.40. The van der Waals surface area contributed by atoms with Crippen LogP contribution in [-0.4, -0.2) is 21.2 Å². The molecule has 15 heavy (non-hydrogen) atoms. The Hall–Kier alpha value is -2.10. The lowest BCUT2D eigenvalue weighted by atomic mass is 10.1. The minimum atomic E-state index is -1.18. The van der Waals surface area contributed by atoms with Crippen LogP contribution >= 0.6 is 0 Å². The summed E-state index contributed by atoms with van der Waals surface area (Å²) < 4.78 is 0. The number of aromatic nitrogens is 1.